The number of carbonyl (C=O) groups excluding carboxylic acids is 1. The summed E-state index contributed by atoms with van der Waals surface area (Å²) < 4.78 is 0. The van der Waals surface area contributed by atoms with E-state index in [0.29, 0.717) is 29.1 Å². The number of aryl methyl sites for hydroxylation is 1. The highest BCUT2D eigenvalue weighted by Gasteiger charge is 2.34. The Bertz CT molecular complexity index is 889. The molecule has 126 valence electrons. The summed E-state index contributed by atoms with van der Waals surface area (Å²) in [6.07, 6.45) is 5.49. The number of benzene rings is 1. The van der Waals surface area contributed by atoms with E-state index in [0.717, 1.165) is 18.4 Å². The molecule has 0 aliphatic heterocycles. The fourth-order valence-electron chi connectivity index (χ4n) is 2.79. The first-order valence-electron chi connectivity index (χ1n) is 8.30. The molecule has 5 nitrogen and oxygen atoms in total. The zero-order valence-corrected chi connectivity index (χ0v) is 14.7. The number of thiazole rings is 1. The van der Waals surface area contributed by atoms with E-state index in [2.05, 4.69) is 40.1 Å². The molecule has 6 heteroatoms. The highest BCUT2D eigenvalue weighted by atomic mass is 32.1. The second-order valence-corrected chi connectivity index (χ2v) is 7.12. The quantitative estimate of drug-likeness (QED) is 0.704. The maximum absolute atomic E-state index is 13.0. The molecule has 1 amide bonds. The van der Waals surface area contributed by atoms with Crippen molar-refractivity contribution in [3.63, 3.8) is 0 Å². The van der Waals surface area contributed by atoms with Crippen LogP contribution < -0.4 is 0 Å². The normalized spacial score (nSPS) is 13.6. The van der Waals surface area contributed by atoms with Gasteiger partial charge in [-0.25, -0.2) is 15.0 Å². The third kappa shape index (κ3) is 3.58. The van der Waals surface area contributed by atoms with Crippen LogP contribution in [0.4, 0.5) is 0 Å². The maximum atomic E-state index is 13.0. The van der Waals surface area contributed by atoms with Crippen LogP contribution >= 0.6 is 11.3 Å². The summed E-state index contributed by atoms with van der Waals surface area (Å²) in [5, 5.41) is 2.48. The SMILES string of the molecule is Cc1cccc(CN(C(=O)c2csc(-c3ncccn3)n2)C2CC2)c1. The van der Waals surface area contributed by atoms with Gasteiger partial charge in [0.25, 0.3) is 5.91 Å². The molecular formula is C19H18N4OS. The number of rotatable bonds is 5. The monoisotopic (exact) mass is 350 g/mol. The molecule has 0 saturated heterocycles. The van der Waals surface area contributed by atoms with Gasteiger partial charge in [-0.2, -0.15) is 0 Å². The number of hydrogen-bond acceptors (Lipinski definition) is 5. The average molecular weight is 350 g/mol. The highest BCUT2D eigenvalue weighted by molar-refractivity contribution is 7.13. The molecule has 0 spiro atoms. The summed E-state index contributed by atoms with van der Waals surface area (Å²) in [6.45, 7) is 2.69. The van der Waals surface area contributed by atoms with Crippen molar-refractivity contribution in [1.82, 2.24) is 19.9 Å². The summed E-state index contributed by atoms with van der Waals surface area (Å²) in [6, 6.07) is 10.4. The molecule has 1 saturated carbocycles. The Kier molecular flexibility index (Phi) is 4.28. The zero-order chi connectivity index (χ0) is 17.2. The second-order valence-electron chi connectivity index (χ2n) is 6.26. The molecule has 2 heterocycles. The molecule has 0 atom stereocenters. The Labute approximate surface area is 150 Å². The van der Waals surface area contributed by atoms with E-state index >= 15 is 0 Å². The zero-order valence-electron chi connectivity index (χ0n) is 13.9. The first-order chi connectivity index (χ1) is 12.2. The van der Waals surface area contributed by atoms with E-state index in [1.165, 1.54) is 16.9 Å². The van der Waals surface area contributed by atoms with Gasteiger partial charge < -0.3 is 4.90 Å². The minimum atomic E-state index is -0.0116. The predicted molar refractivity (Wildman–Crippen MR) is 97.2 cm³/mol. The van der Waals surface area contributed by atoms with E-state index < -0.39 is 0 Å². The van der Waals surface area contributed by atoms with Crippen molar-refractivity contribution in [3.05, 3.63) is 64.9 Å². The summed E-state index contributed by atoms with van der Waals surface area (Å²) >= 11 is 1.41. The Morgan fingerprint density at radius 1 is 1.24 bits per heavy atom. The number of hydrogen-bond donors (Lipinski definition) is 0. The standard InChI is InChI=1S/C19H18N4OS/c1-13-4-2-5-14(10-13)11-23(15-6-7-15)19(24)16-12-25-18(22-16)17-20-8-3-9-21-17/h2-5,8-10,12,15H,6-7,11H2,1H3. The van der Waals surface area contributed by atoms with Gasteiger partial charge in [0, 0.05) is 30.4 Å². The van der Waals surface area contributed by atoms with Crippen LogP contribution in [-0.4, -0.2) is 31.8 Å². The molecule has 1 aromatic carbocycles. The van der Waals surface area contributed by atoms with Gasteiger partial charge in [-0.15, -0.1) is 11.3 Å². The van der Waals surface area contributed by atoms with Gasteiger partial charge in [-0.05, 0) is 31.4 Å². The van der Waals surface area contributed by atoms with Gasteiger partial charge in [0.2, 0.25) is 0 Å². The Morgan fingerprint density at radius 3 is 2.76 bits per heavy atom. The van der Waals surface area contributed by atoms with Crippen LogP contribution in [0.2, 0.25) is 0 Å². The van der Waals surface area contributed by atoms with Crippen molar-refractivity contribution in [2.75, 3.05) is 0 Å². The fraction of sp³-hybridized carbons (Fsp3) is 0.263. The minimum Gasteiger partial charge on any atom is -0.330 e. The summed E-state index contributed by atoms with van der Waals surface area (Å²) in [5.74, 6) is 0.547. The predicted octanol–water partition coefficient (Wildman–Crippen LogP) is 3.71. The Morgan fingerprint density at radius 2 is 2.04 bits per heavy atom. The highest BCUT2D eigenvalue weighted by Crippen LogP contribution is 2.31. The molecule has 0 radical (unpaired) electrons. The molecule has 0 unspecified atom stereocenters. The number of aromatic nitrogens is 3. The third-order valence-electron chi connectivity index (χ3n) is 4.16. The molecule has 1 fully saturated rings. The van der Waals surface area contributed by atoms with Gasteiger partial charge in [0.05, 0.1) is 0 Å². The smallest absolute Gasteiger partial charge is 0.273 e. The van der Waals surface area contributed by atoms with Crippen molar-refractivity contribution in [2.24, 2.45) is 0 Å². The minimum absolute atomic E-state index is 0.0116. The number of amides is 1. The fourth-order valence-corrected chi connectivity index (χ4v) is 3.53. The van der Waals surface area contributed by atoms with E-state index in [1.807, 2.05) is 11.0 Å². The van der Waals surface area contributed by atoms with Gasteiger partial charge in [-0.3, -0.25) is 4.79 Å². The molecule has 0 bridgehead atoms. The first kappa shape index (κ1) is 15.9. The van der Waals surface area contributed by atoms with Crippen molar-refractivity contribution < 1.29 is 4.79 Å². The molecule has 1 aliphatic carbocycles. The average Bonchev–Trinajstić information content (AvgIpc) is 3.35. The van der Waals surface area contributed by atoms with E-state index in [4.69, 9.17) is 0 Å². The summed E-state index contributed by atoms with van der Waals surface area (Å²) in [7, 11) is 0. The molecular weight excluding hydrogens is 332 g/mol. The Balaban J connectivity index is 1.56. The lowest BCUT2D eigenvalue weighted by Crippen LogP contribution is -2.32. The van der Waals surface area contributed by atoms with Crippen LogP contribution in [-0.2, 0) is 6.54 Å². The lowest BCUT2D eigenvalue weighted by Gasteiger charge is -2.21. The summed E-state index contributed by atoms with van der Waals surface area (Å²) in [5.41, 5.74) is 2.84. The maximum Gasteiger partial charge on any atom is 0.273 e. The Hall–Kier alpha value is -2.60. The molecule has 2 aromatic heterocycles. The lowest BCUT2D eigenvalue weighted by atomic mass is 10.1. The van der Waals surface area contributed by atoms with E-state index in [9.17, 15) is 4.79 Å². The van der Waals surface area contributed by atoms with E-state index in [-0.39, 0.29) is 5.91 Å². The van der Waals surface area contributed by atoms with Crippen LogP contribution in [0, 0.1) is 6.92 Å². The van der Waals surface area contributed by atoms with Crippen molar-refractivity contribution >= 4 is 17.2 Å². The first-order valence-corrected chi connectivity index (χ1v) is 9.18. The van der Waals surface area contributed by atoms with Crippen LogP contribution in [0.1, 0.15) is 34.5 Å². The molecule has 4 rings (SSSR count). The second kappa shape index (κ2) is 6.72. The van der Waals surface area contributed by atoms with Gasteiger partial charge in [0.15, 0.2) is 10.8 Å². The molecule has 1 aliphatic rings. The third-order valence-corrected chi connectivity index (χ3v) is 5.00. The van der Waals surface area contributed by atoms with Gasteiger partial charge in [-0.1, -0.05) is 29.8 Å². The van der Waals surface area contributed by atoms with Crippen molar-refractivity contribution in [2.45, 2.75) is 32.4 Å². The number of nitrogens with zero attached hydrogens (tertiary/aromatic N) is 4. The van der Waals surface area contributed by atoms with Crippen LogP contribution in [0.5, 0.6) is 0 Å². The van der Waals surface area contributed by atoms with Crippen LogP contribution in [0.3, 0.4) is 0 Å². The molecule has 25 heavy (non-hydrogen) atoms. The topological polar surface area (TPSA) is 59.0 Å². The van der Waals surface area contributed by atoms with Crippen LogP contribution in [0.15, 0.2) is 48.1 Å². The largest absolute Gasteiger partial charge is 0.330 e. The molecule has 0 N–H and O–H groups in total. The van der Waals surface area contributed by atoms with Crippen molar-refractivity contribution in [1.29, 1.82) is 0 Å². The van der Waals surface area contributed by atoms with Crippen LogP contribution in [0.25, 0.3) is 10.8 Å². The molecule has 3 aromatic rings. The summed E-state index contributed by atoms with van der Waals surface area (Å²) in [4.78, 5) is 27.8. The van der Waals surface area contributed by atoms with Gasteiger partial charge >= 0.3 is 0 Å². The van der Waals surface area contributed by atoms with Crippen molar-refractivity contribution in [3.8, 4) is 10.8 Å². The lowest BCUT2D eigenvalue weighted by molar-refractivity contribution is 0.0725. The van der Waals surface area contributed by atoms with E-state index in [1.54, 1.807) is 23.8 Å². The number of carbonyl (C=O) groups is 1. The van der Waals surface area contributed by atoms with Gasteiger partial charge in [0.1, 0.15) is 5.69 Å².